The normalized spacial score (nSPS) is 10.6. The fourth-order valence-corrected chi connectivity index (χ4v) is 1.16. The fourth-order valence-electron chi connectivity index (χ4n) is 1.02. The van der Waals surface area contributed by atoms with E-state index in [9.17, 15) is 4.39 Å². The summed E-state index contributed by atoms with van der Waals surface area (Å²) in [5.41, 5.74) is 5.62. The predicted molar refractivity (Wildman–Crippen MR) is 48.9 cm³/mol. The van der Waals surface area contributed by atoms with E-state index < -0.39 is 5.82 Å². The van der Waals surface area contributed by atoms with Crippen molar-refractivity contribution in [1.82, 2.24) is 9.97 Å². The molecule has 2 aromatic rings. The molecule has 0 aromatic carbocycles. The molecule has 0 aliphatic heterocycles. The van der Waals surface area contributed by atoms with Crippen molar-refractivity contribution in [3.8, 4) is 0 Å². The summed E-state index contributed by atoms with van der Waals surface area (Å²) in [4.78, 5) is 7.63. The molecule has 0 atom stereocenters. The van der Waals surface area contributed by atoms with Gasteiger partial charge in [0.25, 0.3) is 0 Å². The molecule has 13 heavy (non-hydrogen) atoms. The quantitative estimate of drug-likeness (QED) is 0.658. The van der Waals surface area contributed by atoms with Gasteiger partial charge in [0.15, 0.2) is 17.3 Å². The van der Waals surface area contributed by atoms with Crippen molar-refractivity contribution in [2.24, 2.45) is 0 Å². The zero-order valence-corrected chi connectivity index (χ0v) is 7.22. The summed E-state index contributed by atoms with van der Waals surface area (Å²) in [5.74, 6) is -0.709. The molecule has 0 aliphatic rings. The van der Waals surface area contributed by atoms with Crippen LogP contribution in [0.15, 0.2) is 18.2 Å². The molecule has 66 valence electrons. The molecule has 0 radical (unpaired) electrons. The minimum Gasteiger partial charge on any atom is -0.381 e. The Morgan fingerprint density at radius 1 is 1.31 bits per heavy atom. The summed E-state index contributed by atoms with van der Waals surface area (Å²) in [7, 11) is 0. The highest BCUT2D eigenvalue weighted by Crippen LogP contribution is 2.17. The van der Waals surface area contributed by atoms with Crippen LogP contribution < -0.4 is 5.73 Å². The second-order valence-corrected chi connectivity index (χ2v) is 2.92. The Morgan fingerprint density at radius 3 is 2.85 bits per heavy atom. The number of fused-ring (bicyclic) bond motifs is 1. The Kier molecular flexibility index (Phi) is 1.77. The number of nitrogens with zero attached hydrogens (tertiary/aromatic N) is 2. The van der Waals surface area contributed by atoms with Gasteiger partial charge in [0.2, 0.25) is 0 Å². The largest absolute Gasteiger partial charge is 0.381 e. The molecule has 0 bridgehead atoms. The van der Waals surface area contributed by atoms with Gasteiger partial charge in [0, 0.05) is 5.39 Å². The van der Waals surface area contributed by atoms with Crippen molar-refractivity contribution < 1.29 is 4.39 Å². The maximum absolute atomic E-state index is 12.9. The van der Waals surface area contributed by atoms with Crippen LogP contribution in [0.3, 0.4) is 0 Å². The number of hydrogen-bond acceptors (Lipinski definition) is 3. The third kappa shape index (κ3) is 1.40. The smallest absolute Gasteiger partial charge is 0.166 e. The van der Waals surface area contributed by atoms with Gasteiger partial charge in [-0.3, -0.25) is 0 Å². The summed E-state index contributed by atoms with van der Waals surface area (Å²) < 4.78 is 12.9. The molecule has 3 nitrogen and oxygen atoms in total. The van der Waals surface area contributed by atoms with Crippen molar-refractivity contribution in [1.29, 1.82) is 0 Å². The highest BCUT2D eigenvalue weighted by molar-refractivity contribution is 6.29. The minimum atomic E-state index is -0.545. The zero-order chi connectivity index (χ0) is 9.42. The van der Waals surface area contributed by atoms with Gasteiger partial charge in [-0.05, 0) is 18.2 Å². The van der Waals surface area contributed by atoms with Gasteiger partial charge < -0.3 is 5.73 Å². The summed E-state index contributed by atoms with van der Waals surface area (Å²) >= 11 is 5.63. The Balaban J connectivity index is 2.81. The van der Waals surface area contributed by atoms with Gasteiger partial charge in [-0.25, -0.2) is 14.4 Å². The van der Waals surface area contributed by atoms with E-state index in [1.54, 1.807) is 12.1 Å². The molecule has 2 N–H and O–H groups in total. The van der Waals surface area contributed by atoms with E-state index >= 15 is 0 Å². The number of hydrogen-bond donors (Lipinski definition) is 1. The van der Waals surface area contributed by atoms with Gasteiger partial charge in [-0.2, -0.15) is 0 Å². The molecular weight excluding hydrogens is 193 g/mol. The van der Waals surface area contributed by atoms with Gasteiger partial charge in [0.05, 0.1) is 0 Å². The van der Waals surface area contributed by atoms with Crippen molar-refractivity contribution in [2.75, 3.05) is 5.73 Å². The Morgan fingerprint density at radius 2 is 2.08 bits per heavy atom. The SMILES string of the molecule is Nc1nc2nc(Cl)ccc2cc1F. The summed E-state index contributed by atoms with van der Waals surface area (Å²) in [6.45, 7) is 0. The summed E-state index contributed by atoms with van der Waals surface area (Å²) in [5, 5.41) is 0.891. The molecule has 0 unspecified atom stereocenters. The van der Waals surface area contributed by atoms with E-state index in [0.717, 1.165) is 0 Å². The highest BCUT2D eigenvalue weighted by atomic mass is 35.5. The number of halogens is 2. The lowest BCUT2D eigenvalue weighted by Crippen LogP contribution is -1.96. The van der Waals surface area contributed by atoms with Crippen molar-refractivity contribution in [2.45, 2.75) is 0 Å². The molecule has 2 heterocycles. The first kappa shape index (κ1) is 8.19. The molecule has 2 rings (SSSR count). The second-order valence-electron chi connectivity index (χ2n) is 2.54. The number of nitrogens with two attached hydrogens (primary N) is 1. The van der Waals surface area contributed by atoms with Gasteiger partial charge in [0.1, 0.15) is 5.15 Å². The third-order valence-corrected chi connectivity index (χ3v) is 1.84. The van der Waals surface area contributed by atoms with Crippen LogP contribution in [-0.2, 0) is 0 Å². The average molecular weight is 198 g/mol. The first-order valence-electron chi connectivity index (χ1n) is 3.55. The van der Waals surface area contributed by atoms with Crippen LogP contribution in [-0.4, -0.2) is 9.97 Å². The molecule has 0 amide bonds. The van der Waals surface area contributed by atoms with Crippen LogP contribution in [0.5, 0.6) is 0 Å². The van der Waals surface area contributed by atoms with Crippen LogP contribution in [0.4, 0.5) is 10.2 Å². The van der Waals surface area contributed by atoms with Gasteiger partial charge in [-0.15, -0.1) is 0 Å². The van der Waals surface area contributed by atoms with Crippen LogP contribution in [0.1, 0.15) is 0 Å². The van der Waals surface area contributed by atoms with Crippen LogP contribution >= 0.6 is 11.6 Å². The number of rotatable bonds is 0. The van der Waals surface area contributed by atoms with E-state index in [-0.39, 0.29) is 5.82 Å². The lowest BCUT2D eigenvalue weighted by molar-refractivity contribution is 0.629. The standard InChI is InChI=1S/C8H5ClFN3/c9-6-2-1-4-3-5(10)7(11)13-8(4)12-6/h1-3H,(H2,11,12,13). The van der Waals surface area contributed by atoms with Crippen molar-refractivity contribution >= 4 is 28.5 Å². The van der Waals surface area contributed by atoms with E-state index in [1.807, 2.05) is 0 Å². The fraction of sp³-hybridized carbons (Fsp3) is 0. The van der Waals surface area contributed by atoms with E-state index in [4.69, 9.17) is 17.3 Å². The molecule has 0 aliphatic carbocycles. The minimum absolute atomic E-state index is 0.165. The van der Waals surface area contributed by atoms with Gasteiger partial charge >= 0.3 is 0 Å². The van der Waals surface area contributed by atoms with Crippen LogP contribution in [0.25, 0.3) is 11.0 Å². The molecule has 0 fully saturated rings. The monoisotopic (exact) mass is 197 g/mol. The van der Waals surface area contributed by atoms with E-state index in [1.165, 1.54) is 6.07 Å². The maximum Gasteiger partial charge on any atom is 0.166 e. The lowest BCUT2D eigenvalue weighted by Gasteiger charge is -1.99. The third-order valence-electron chi connectivity index (χ3n) is 1.62. The lowest BCUT2D eigenvalue weighted by atomic mass is 10.3. The molecular formula is C8H5ClFN3. The number of aromatic nitrogens is 2. The molecule has 0 saturated carbocycles. The van der Waals surface area contributed by atoms with Crippen molar-refractivity contribution in [3.05, 3.63) is 29.2 Å². The van der Waals surface area contributed by atoms with Gasteiger partial charge in [-0.1, -0.05) is 11.6 Å². The predicted octanol–water partition coefficient (Wildman–Crippen LogP) is 2.00. The number of anilines is 1. The molecule has 2 aromatic heterocycles. The average Bonchev–Trinajstić information content (AvgIpc) is 2.08. The molecule has 0 saturated heterocycles. The highest BCUT2D eigenvalue weighted by Gasteiger charge is 2.03. The van der Waals surface area contributed by atoms with Crippen molar-refractivity contribution in [3.63, 3.8) is 0 Å². The molecule has 5 heteroatoms. The van der Waals surface area contributed by atoms with Crippen LogP contribution in [0.2, 0.25) is 5.15 Å². The molecule has 0 spiro atoms. The van der Waals surface area contributed by atoms with E-state index in [2.05, 4.69) is 9.97 Å². The van der Waals surface area contributed by atoms with Crippen LogP contribution in [0, 0.1) is 5.82 Å². The maximum atomic E-state index is 12.9. The zero-order valence-electron chi connectivity index (χ0n) is 6.46. The topological polar surface area (TPSA) is 51.8 Å². The Labute approximate surface area is 78.4 Å². The number of nitrogen functional groups attached to an aromatic ring is 1. The Bertz CT molecular complexity index is 472. The second kappa shape index (κ2) is 2.81. The first-order valence-corrected chi connectivity index (χ1v) is 3.93. The number of pyridine rings is 2. The van der Waals surface area contributed by atoms with E-state index in [0.29, 0.717) is 16.2 Å². The summed E-state index contributed by atoms with van der Waals surface area (Å²) in [6, 6.07) is 4.49. The Hall–Kier alpha value is -1.42. The first-order chi connectivity index (χ1) is 6.16. The summed E-state index contributed by atoms with van der Waals surface area (Å²) in [6.07, 6.45) is 0.